The minimum absolute atomic E-state index is 0.126. The summed E-state index contributed by atoms with van der Waals surface area (Å²) < 4.78 is 4.32. The number of rotatable bonds is 6. The molecule has 1 N–H and O–H groups in total. The summed E-state index contributed by atoms with van der Waals surface area (Å²) in [4.78, 5) is 12.5. The van der Waals surface area contributed by atoms with Crippen molar-refractivity contribution in [2.45, 2.75) is 32.9 Å². The average molecular weight is 402 g/mol. The van der Waals surface area contributed by atoms with Crippen molar-refractivity contribution in [3.63, 3.8) is 0 Å². The zero-order chi connectivity index (χ0) is 17.8. The van der Waals surface area contributed by atoms with Crippen molar-refractivity contribution < 1.29 is 4.79 Å². The first-order valence-electron chi connectivity index (χ1n) is 8.14. The summed E-state index contributed by atoms with van der Waals surface area (Å²) in [6, 6.07) is 9.73. The number of hydrogen-bond acceptors (Lipinski definition) is 3. The molecule has 2 heterocycles. The number of nitrogens with one attached hydrogen (secondary N) is 1. The highest BCUT2D eigenvalue weighted by atomic mass is 79.9. The highest BCUT2D eigenvalue weighted by molar-refractivity contribution is 9.10. The van der Waals surface area contributed by atoms with Crippen molar-refractivity contribution >= 4 is 27.7 Å². The molecule has 0 saturated heterocycles. The van der Waals surface area contributed by atoms with Gasteiger partial charge in [0.1, 0.15) is 6.04 Å². The van der Waals surface area contributed by atoms with Crippen molar-refractivity contribution in [3.8, 4) is 0 Å². The third-order valence-electron chi connectivity index (χ3n) is 3.90. The number of anilines is 1. The number of aromatic nitrogens is 4. The van der Waals surface area contributed by atoms with E-state index in [0.29, 0.717) is 18.8 Å². The molecule has 0 bridgehead atoms. The monoisotopic (exact) mass is 401 g/mol. The van der Waals surface area contributed by atoms with Crippen molar-refractivity contribution in [1.82, 2.24) is 19.6 Å². The Morgan fingerprint density at radius 3 is 2.88 bits per heavy atom. The van der Waals surface area contributed by atoms with Crippen LogP contribution in [-0.2, 0) is 11.3 Å². The first kappa shape index (κ1) is 17.4. The standard InChI is InChI=1S/C18H20BrN5O/c1-3-16(24-12-15(19)10-20-24)18(25)21-17-7-8-23(22-17)11-14-6-4-5-13(2)9-14/h4-10,12,16H,3,11H2,1-2H3,(H,21,22,25). The van der Waals surface area contributed by atoms with Gasteiger partial charge in [-0.15, -0.1) is 0 Å². The van der Waals surface area contributed by atoms with Crippen LogP contribution >= 0.6 is 15.9 Å². The van der Waals surface area contributed by atoms with Gasteiger partial charge in [0.15, 0.2) is 5.82 Å². The number of benzene rings is 1. The van der Waals surface area contributed by atoms with Crippen LogP contribution in [0.1, 0.15) is 30.5 Å². The van der Waals surface area contributed by atoms with Crippen LogP contribution in [0.2, 0.25) is 0 Å². The lowest BCUT2D eigenvalue weighted by atomic mass is 10.1. The molecule has 7 heteroatoms. The van der Waals surface area contributed by atoms with E-state index in [2.05, 4.69) is 56.6 Å². The number of halogens is 1. The summed E-state index contributed by atoms with van der Waals surface area (Å²) in [5.74, 6) is 0.418. The van der Waals surface area contributed by atoms with E-state index >= 15 is 0 Å². The van der Waals surface area contributed by atoms with Crippen LogP contribution in [0.4, 0.5) is 5.82 Å². The quantitative estimate of drug-likeness (QED) is 0.683. The van der Waals surface area contributed by atoms with Gasteiger partial charge in [-0.3, -0.25) is 14.2 Å². The summed E-state index contributed by atoms with van der Waals surface area (Å²) in [6.07, 6.45) is 5.98. The fourth-order valence-corrected chi connectivity index (χ4v) is 3.00. The van der Waals surface area contributed by atoms with Gasteiger partial charge >= 0.3 is 0 Å². The summed E-state index contributed by atoms with van der Waals surface area (Å²) in [5.41, 5.74) is 2.39. The topological polar surface area (TPSA) is 64.7 Å². The molecule has 0 fully saturated rings. The second-order valence-electron chi connectivity index (χ2n) is 5.94. The third-order valence-corrected chi connectivity index (χ3v) is 4.31. The Balaban J connectivity index is 1.67. The summed E-state index contributed by atoms with van der Waals surface area (Å²) >= 11 is 3.35. The van der Waals surface area contributed by atoms with Crippen LogP contribution in [0.5, 0.6) is 0 Å². The Bertz CT molecular complexity index is 870. The first-order valence-corrected chi connectivity index (χ1v) is 8.94. The molecule has 0 aliphatic heterocycles. The number of nitrogens with zero attached hydrogens (tertiary/aromatic N) is 4. The molecule has 3 rings (SSSR count). The van der Waals surface area contributed by atoms with Gasteiger partial charge in [-0.2, -0.15) is 10.2 Å². The Morgan fingerprint density at radius 1 is 1.36 bits per heavy atom. The van der Waals surface area contributed by atoms with E-state index in [1.54, 1.807) is 23.1 Å². The zero-order valence-electron chi connectivity index (χ0n) is 14.2. The van der Waals surface area contributed by atoms with E-state index in [1.807, 2.05) is 23.9 Å². The van der Waals surface area contributed by atoms with Crippen LogP contribution in [-0.4, -0.2) is 25.5 Å². The molecule has 25 heavy (non-hydrogen) atoms. The molecule has 1 aromatic carbocycles. The Labute approximate surface area is 155 Å². The maximum Gasteiger partial charge on any atom is 0.250 e. The second kappa shape index (κ2) is 7.65. The Hall–Kier alpha value is -2.41. The number of amides is 1. The third kappa shape index (κ3) is 4.36. The van der Waals surface area contributed by atoms with Gasteiger partial charge in [-0.05, 0) is 34.8 Å². The van der Waals surface area contributed by atoms with Crippen LogP contribution in [0.3, 0.4) is 0 Å². The lowest BCUT2D eigenvalue weighted by Gasteiger charge is -2.14. The van der Waals surface area contributed by atoms with Crippen LogP contribution in [0, 0.1) is 6.92 Å². The number of aryl methyl sites for hydroxylation is 1. The largest absolute Gasteiger partial charge is 0.307 e. The molecule has 0 aliphatic carbocycles. The van der Waals surface area contributed by atoms with E-state index in [0.717, 1.165) is 4.47 Å². The van der Waals surface area contributed by atoms with Gasteiger partial charge in [-0.25, -0.2) is 0 Å². The highest BCUT2D eigenvalue weighted by Gasteiger charge is 2.20. The van der Waals surface area contributed by atoms with E-state index in [-0.39, 0.29) is 11.9 Å². The van der Waals surface area contributed by atoms with E-state index in [1.165, 1.54) is 11.1 Å². The number of hydrogen-bond donors (Lipinski definition) is 1. The molecule has 0 radical (unpaired) electrons. The molecule has 1 amide bonds. The second-order valence-corrected chi connectivity index (χ2v) is 6.86. The van der Waals surface area contributed by atoms with Gasteiger partial charge in [0, 0.05) is 18.5 Å². The summed E-state index contributed by atoms with van der Waals surface area (Å²) in [6.45, 7) is 4.69. The molecule has 6 nitrogen and oxygen atoms in total. The molecule has 3 aromatic rings. The Kier molecular flexibility index (Phi) is 5.33. The fraction of sp³-hybridized carbons (Fsp3) is 0.278. The maximum absolute atomic E-state index is 12.5. The predicted molar refractivity (Wildman–Crippen MR) is 100 cm³/mol. The van der Waals surface area contributed by atoms with Crippen molar-refractivity contribution in [2.75, 3.05) is 5.32 Å². The first-order chi connectivity index (χ1) is 12.0. The maximum atomic E-state index is 12.5. The molecule has 130 valence electrons. The Morgan fingerprint density at radius 2 is 2.20 bits per heavy atom. The average Bonchev–Trinajstić information content (AvgIpc) is 3.17. The normalized spacial score (nSPS) is 12.1. The van der Waals surface area contributed by atoms with E-state index < -0.39 is 0 Å². The fourth-order valence-electron chi connectivity index (χ4n) is 2.70. The molecule has 0 spiro atoms. The van der Waals surface area contributed by atoms with Crippen LogP contribution in [0.15, 0.2) is 53.4 Å². The molecule has 1 unspecified atom stereocenters. The molecule has 1 atom stereocenters. The summed E-state index contributed by atoms with van der Waals surface area (Å²) in [7, 11) is 0. The van der Waals surface area contributed by atoms with Crippen molar-refractivity contribution in [3.05, 3.63) is 64.5 Å². The number of carbonyl (C=O) groups is 1. The van der Waals surface area contributed by atoms with Gasteiger partial charge in [0.05, 0.1) is 17.2 Å². The molecule has 0 saturated carbocycles. The lowest BCUT2D eigenvalue weighted by Crippen LogP contribution is -2.26. The highest BCUT2D eigenvalue weighted by Crippen LogP contribution is 2.17. The van der Waals surface area contributed by atoms with Crippen molar-refractivity contribution in [1.29, 1.82) is 0 Å². The lowest BCUT2D eigenvalue weighted by molar-refractivity contribution is -0.119. The van der Waals surface area contributed by atoms with Gasteiger partial charge in [-0.1, -0.05) is 36.8 Å². The molecule has 2 aromatic heterocycles. The molecular weight excluding hydrogens is 382 g/mol. The summed E-state index contributed by atoms with van der Waals surface area (Å²) in [5, 5.41) is 11.5. The molecular formula is C18H20BrN5O. The predicted octanol–water partition coefficient (Wildman–Crippen LogP) is 3.79. The van der Waals surface area contributed by atoms with Crippen LogP contribution < -0.4 is 5.32 Å². The minimum Gasteiger partial charge on any atom is -0.307 e. The van der Waals surface area contributed by atoms with E-state index in [9.17, 15) is 4.79 Å². The van der Waals surface area contributed by atoms with E-state index in [4.69, 9.17) is 0 Å². The zero-order valence-corrected chi connectivity index (χ0v) is 15.8. The van der Waals surface area contributed by atoms with Gasteiger partial charge in [0.2, 0.25) is 5.91 Å². The van der Waals surface area contributed by atoms with Gasteiger partial charge < -0.3 is 5.32 Å². The van der Waals surface area contributed by atoms with Gasteiger partial charge in [0.25, 0.3) is 0 Å². The minimum atomic E-state index is -0.367. The molecule has 0 aliphatic rings. The van der Waals surface area contributed by atoms with Crippen LogP contribution in [0.25, 0.3) is 0 Å². The number of carbonyl (C=O) groups excluding carboxylic acids is 1. The SMILES string of the molecule is CCC(C(=O)Nc1ccn(Cc2cccc(C)c2)n1)n1cc(Br)cn1. The van der Waals surface area contributed by atoms with Crippen molar-refractivity contribution in [2.24, 2.45) is 0 Å². The smallest absolute Gasteiger partial charge is 0.250 e.